The normalized spacial score (nSPS) is 10.4. The van der Waals surface area contributed by atoms with E-state index in [0.29, 0.717) is 23.5 Å². The summed E-state index contributed by atoms with van der Waals surface area (Å²) in [6, 6.07) is 8.56. The number of hydrogen-bond donors (Lipinski definition) is 1. The molecule has 0 aliphatic carbocycles. The molecule has 0 spiro atoms. The molecule has 1 aromatic carbocycles. The Morgan fingerprint density at radius 1 is 1.07 bits per heavy atom. The van der Waals surface area contributed by atoms with Gasteiger partial charge in [-0.3, -0.25) is 14.4 Å². The second-order valence-electron chi connectivity index (χ2n) is 6.22. The molecule has 7 nitrogen and oxygen atoms in total. The van der Waals surface area contributed by atoms with Gasteiger partial charge >= 0.3 is 5.97 Å². The van der Waals surface area contributed by atoms with E-state index in [1.807, 2.05) is 32.3 Å². The van der Waals surface area contributed by atoms with Crippen LogP contribution >= 0.6 is 0 Å². The smallest absolute Gasteiger partial charge is 0.325 e. The Balaban J connectivity index is 1.88. The first-order valence-corrected chi connectivity index (χ1v) is 9.24. The van der Waals surface area contributed by atoms with Crippen LogP contribution in [0.4, 0.5) is 0 Å². The van der Waals surface area contributed by atoms with E-state index < -0.39 is 11.9 Å². The molecule has 0 aliphatic heterocycles. The van der Waals surface area contributed by atoms with Crippen LogP contribution in [0.3, 0.4) is 0 Å². The van der Waals surface area contributed by atoms with E-state index in [0.717, 1.165) is 17.9 Å². The molecule has 1 amide bonds. The molecule has 0 radical (unpaired) electrons. The highest BCUT2D eigenvalue weighted by Crippen LogP contribution is 2.18. The van der Waals surface area contributed by atoms with Crippen molar-refractivity contribution < 1.29 is 23.9 Å². The number of hydrogen-bond acceptors (Lipinski definition) is 5. The molecule has 28 heavy (non-hydrogen) atoms. The van der Waals surface area contributed by atoms with Gasteiger partial charge in [0.1, 0.15) is 12.3 Å². The van der Waals surface area contributed by atoms with Crippen LogP contribution in [0.5, 0.6) is 5.75 Å². The van der Waals surface area contributed by atoms with Crippen molar-refractivity contribution in [3.63, 3.8) is 0 Å². The first-order valence-electron chi connectivity index (χ1n) is 9.24. The van der Waals surface area contributed by atoms with E-state index in [1.54, 1.807) is 30.3 Å². The average molecular weight is 386 g/mol. The molecule has 0 fully saturated rings. The van der Waals surface area contributed by atoms with Crippen molar-refractivity contribution in [3.8, 4) is 5.75 Å². The van der Waals surface area contributed by atoms with Crippen LogP contribution in [0.25, 0.3) is 0 Å². The number of rotatable bonds is 9. The number of ether oxygens (including phenoxy) is 2. The molecule has 0 atom stereocenters. The lowest BCUT2D eigenvalue weighted by molar-refractivity contribution is -0.141. The quantitative estimate of drug-likeness (QED) is 0.529. The minimum absolute atomic E-state index is 0.269. The monoisotopic (exact) mass is 386 g/mol. The van der Waals surface area contributed by atoms with E-state index in [2.05, 4.69) is 5.32 Å². The van der Waals surface area contributed by atoms with Gasteiger partial charge in [0.25, 0.3) is 5.91 Å². The Morgan fingerprint density at radius 2 is 1.79 bits per heavy atom. The molecule has 2 aromatic rings. The number of aryl methyl sites for hydroxylation is 1. The maximum atomic E-state index is 12.3. The van der Waals surface area contributed by atoms with Gasteiger partial charge in [0.15, 0.2) is 6.61 Å². The van der Waals surface area contributed by atoms with Gasteiger partial charge in [0.2, 0.25) is 5.78 Å². The largest absolute Gasteiger partial charge is 0.493 e. The maximum absolute atomic E-state index is 12.3. The van der Waals surface area contributed by atoms with E-state index in [4.69, 9.17) is 9.47 Å². The summed E-state index contributed by atoms with van der Waals surface area (Å²) in [6.07, 6.45) is 0. The highest BCUT2D eigenvalue weighted by Gasteiger charge is 2.18. The minimum atomic E-state index is -0.681. The second kappa shape index (κ2) is 9.73. The van der Waals surface area contributed by atoms with Gasteiger partial charge in [-0.15, -0.1) is 0 Å². The fourth-order valence-electron chi connectivity index (χ4n) is 3.03. The van der Waals surface area contributed by atoms with E-state index >= 15 is 0 Å². The third-order valence-corrected chi connectivity index (χ3v) is 4.38. The lowest BCUT2D eigenvalue weighted by Gasteiger charge is -2.10. The number of nitrogens with zero attached hydrogens (tertiary/aromatic N) is 1. The van der Waals surface area contributed by atoms with Crippen molar-refractivity contribution in [1.82, 2.24) is 9.88 Å². The number of aromatic nitrogens is 1. The molecule has 0 saturated heterocycles. The molecule has 7 heteroatoms. The Labute approximate surface area is 164 Å². The predicted molar refractivity (Wildman–Crippen MR) is 105 cm³/mol. The highest BCUT2D eigenvalue weighted by molar-refractivity contribution is 6.00. The topological polar surface area (TPSA) is 86.6 Å². The zero-order valence-corrected chi connectivity index (χ0v) is 16.7. The third-order valence-electron chi connectivity index (χ3n) is 4.38. The summed E-state index contributed by atoms with van der Waals surface area (Å²) in [7, 11) is 0. The van der Waals surface area contributed by atoms with Gasteiger partial charge in [-0.1, -0.05) is 12.1 Å². The zero-order chi connectivity index (χ0) is 20.7. The van der Waals surface area contributed by atoms with Gasteiger partial charge in [-0.2, -0.15) is 0 Å². The molecular weight excluding hydrogens is 360 g/mol. The summed E-state index contributed by atoms with van der Waals surface area (Å²) in [4.78, 5) is 36.5. The number of carbonyl (C=O) groups is 3. The summed E-state index contributed by atoms with van der Waals surface area (Å²) in [5.41, 5.74) is 2.71. The lowest BCUT2D eigenvalue weighted by Crippen LogP contribution is -2.31. The zero-order valence-electron chi connectivity index (χ0n) is 16.7. The van der Waals surface area contributed by atoms with Crippen molar-refractivity contribution in [2.75, 3.05) is 19.8 Å². The van der Waals surface area contributed by atoms with Crippen LogP contribution in [-0.2, 0) is 16.1 Å². The van der Waals surface area contributed by atoms with E-state index in [-0.39, 0.29) is 18.9 Å². The summed E-state index contributed by atoms with van der Waals surface area (Å²) in [6.45, 7) is 8.10. The van der Waals surface area contributed by atoms with Crippen LogP contribution in [0, 0.1) is 13.8 Å². The standard InChI is InChI=1S/C21H26N2O5/c1-5-23-14(3)11-17(15(23)4)18(24)13-28-20(25)12-22-21(26)16-9-7-8-10-19(16)27-6-2/h7-11H,5-6,12-13H2,1-4H3,(H,22,26). The number of benzene rings is 1. The van der Waals surface area contributed by atoms with E-state index in [1.165, 1.54) is 0 Å². The molecule has 2 rings (SSSR count). The molecule has 1 aromatic heterocycles. The number of Topliss-reactive ketones (excluding diaryl/α,β-unsaturated/α-hetero) is 1. The van der Waals surface area contributed by atoms with Gasteiger partial charge in [-0.05, 0) is 45.9 Å². The first kappa shape index (κ1) is 21.2. The molecular formula is C21H26N2O5. The predicted octanol–water partition coefficient (Wildman–Crippen LogP) is 2.68. The fourth-order valence-corrected chi connectivity index (χ4v) is 3.03. The van der Waals surface area contributed by atoms with Crippen molar-refractivity contribution in [1.29, 1.82) is 0 Å². The van der Waals surface area contributed by atoms with E-state index in [9.17, 15) is 14.4 Å². The number of esters is 1. The lowest BCUT2D eigenvalue weighted by atomic mass is 10.1. The van der Waals surface area contributed by atoms with Crippen LogP contribution in [0.2, 0.25) is 0 Å². The van der Waals surface area contributed by atoms with Gasteiger partial charge in [-0.25, -0.2) is 0 Å². The second-order valence-corrected chi connectivity index (χ2v) is 6.22. The Bertz CT molecular complexity index is 870. The molecule has 0 unspecified atom stereocenters. The van der Waals surface area contributed by atoms with Crippen molar-refractivity contribution in [3.05, 3.63) is 52.8 Å². The number of nitrogens with one attached hydrogen (secondary N) is 1. The first-order chi connectivity index (χ1) is 13.4. The Hall–Kier alpha value is -3.09. The van der Waals surface area contributed by atoms with Gasteiger partial charge in [0.05, 0.1) is 12.2 Å². The molecule has 0 aliphatic rings. The average Bonchev–Trinajstić information content (AvgIpc) is 2.98. The number of carbonyl (C=O) groups excluding carboxylic acids is 3. The third kappa shape index (κ3) is 5.00. The number of amides is 1. The van der Waals surface area contributed by atoms with Crippen molar-refractivity contribution >= 4 is 17.7 Å². The maximum Gasteiger partial charge on any atom is 0.325 e. The van der Waals surface area contributed by atoms with Crippen molar-refractivity contribution in [2.45, 2.75) is 34.2 Å². The summed E-state index contributed by atoms with van der Waals surface area (Å²) in [5, 5.41) is 2.49. The van der Waals surface area contributed by atoms with Crippen molar-refractivity contribution in [2.24, 2.45) is 0 Å². The SMILES string of the molecule is CCOc1ccccc1C(=O)NCC(=O)OCC(=O)c1cc(C)n(CC)c1C. The highest BCUT2D eigenvalue weighted by atomic mass is 16.5. The molecule has 0 bridgehead atoms. The van der Waals surface area contributed by atoms with Crippen LogP contribution in [0.1, 0.15) is 46.0 Å². The Morgan fingerprint density at radius 3 is 2.43 bits per heavy atom. The molecule has 1 N–H and O–H groups in total. The molecule has 0 saturated carbocycles. The van der Waals surface area contributed by atoms with Crippen LogP contribution < -0.4 is 10.1 Å². The van der Waals surface area contributed by atoms with Crippen LogP contribution in [0.15, 0.2) is 30.3 Å². The minimum Gasteiger partial charge on any atom is -0.493 e. The van der Waals surface area contributed by atoms with Gasteiger partial charge < -0.3 is 19.4 Å². The number of ketones is 1. The van der Waals surface area contributed by atoms with Crippen LogP contribution in [-0.4, -0.2) is 42.0 Å². The van der Waals surface area contributed by atoms with Gasteiger partial charge in [0, 0.05) is 23.5 Å². The molecule has 150 valence electrons. The summed E-state index contributed by atoms with van der Waals surface area (Å²) >= 11 is 0. The summed E-state index contributed by atoms with van der Waals surface area (Å²) in [5.74, 6) is -0.954. The Kier molecular flexibility index (Phi) is 7.37. The summed E-state index contributed by atoms with van der Waals surface area (Å²) < 4.78 is 12.4. The number of para-hydroxylation sites is 1. The fraction of sp³-hybridized carbons (Fsp3) is 0.381. The molecule has 1 heterocycles.